The Labute approximate surface area is 54.7 Å². The average Bonchev–Trinajstić information content (AvgIpc) is 2.33. The van der Waals surface area contributed by atoms with E-state index in [4.69, 9.17) is 0 Å². The summed E-state index contributed by atoms with van der Waals surface area (Å²) in [5.74, 6) is 1.27. The molecule has 9 heavy (non-hydrogen) atoms. The van der Waals surface area contributed by atoms with Crippen molar-refractivity contribution in [2.75, 3.05) is 26.2 Å². The van der Waals surface area contributed by atoms with Crippen molar-refractivity contribution >= 4 is 0 Å². The SMILES string of the molecule is C1=C2NCCN2CCN1. The van der Waals surface area contributed by atoms with Gasteiger partial charge in [-0.2, -0.15) is 0 Å². The van der Waals surface area contributed by atoms with E-state index in [1.807, 2.05) is 0 Å². The van der Waals surface area contributed by atoms with Crippen molar-refractivity contribution < 1.29 is 0 Å². The lowest BCUT2D eigenvalue weighted by molar-refractivity contribution is 0.374. The fourth-order valence-electron chi connectivity index (χ4n) is 1.29. The normalized spacial score (nSPS) is 24.0. The lowest BCUT2D eigenvalue weighted by Crippen LogP contribution is -2.34. The third-order valence-electron chi connectivity index (χ3n) is 1.79. The standard InChI is InChI=1S/C6H11N3/c1-3-9-4-2-8-6(9)5-7-1/h5,7-8H,1-4H2. The van der Waals surface area contributed by atoms with Crippen LogP contribution in [0, 0.1) is 0 Å². The van der Waals surface area contributed by atoms with Gasteiger partial charge in [0, 0.05) is 32.4 Å². The maximum absolute atomic E-state index is 3.28. The van der Waals surface area contributed by atoms with Crippen molar-refractivity contribution in [2.24, 2.45) is 0 Å². The van der Waals surface area contributed by atoms with Crippen LogP contribution in [0.1, 0.15) is 0 Å². The molecule has 0 bridgehead atoms. The summed E-state index contributed by atoms with van der Waals surface area (Å²) in [7, 11) is 0. The summed E-state index contributed by atoms with van der Waals surface area (Å²) in [5.41, 5.74) is 0. The fraction of sp³-hybridized carbons (Fsp3) is 0.667. The van der Waals surface area contributed by atoms with E-state index >= 15 is 0 Å². The Morgan fingerprint density at radius 1 is 1.33 bits per heavy atom. The zero-order valence-corrected chi connectivity index (χ0v) is 5.35. The monoisotopic (exact) mass is 125 g/mol. The number of nitrogens with one attached hydrogen (secondary N) is 2. The van der Waals surface area contributed by atoms with E-state index < -0.39 is 0 Å². The molecule has 2 aliphatic heterocycles. The average molecular weight is 125 g/mol. The van der Waals surface area contributed by atoms with Gasteiger partial charge in [0.15, 0.2) is 0 Å². The first kappa shape index (κ1) is 4.97. The third-order valence-corrected chi connectivity index (χ3v) is 1.79. The van der Waals surface area contributed by atoms with Gasteiger partial charge in [-0.25, -0.2) is 0 Å². The molecule has 50 valence electrons. The second kappa shape index (κ2) is 1.83. The number of hydrogen-bond acceptors (Lipinski definition) is 3. The molecule has 0 radical (unpaired) electrons. The molecule has 3 nitrogen and oxygen atoms in total. The summed E-state index contributed by atoms with van der Waals surface area (Å²) >= 11 is 0. The minimum absolute atomic E-state index is 1.09. The number of nitrogens with zero attached hydrogens (tertiary/aromatic N) is 1. The van der Waals surface area contributed by atoms with Crippen LogP contribution in [-0.4, -0.2) is 31.1 Å². The van der Waals surface area contributed by atoms with Crippen LogP contribution in [0.4, 0.5) is 0 Å². The molecule has 0 atom stereocenters. The first-order chi connectivity index (χ1) is 4.47. The molecule has 0 aromatic rings. The van der Waals surface area contributed by atoms with Gasteiger partial charge in [-0.05, 0) is 0 Å². The highest BCUT2D eigenvalue weighted by Crippen LogP contribution is 2.06. The molecule has 1 saturated heterocycles. The summed E-state index contributed by atoms with van der Waals surface area (Å²) in [6.07, 6.45) is 2.05. The van der Waals surface area contributed by atoms with Gasteiger partial charge in [0.2, 0.25) is 0 Å². The highest BCUT2D eigenvalue weighted by Gasteiger charge is 2.17. The van der Waals surface area contributed by atoms with Crippen molar-refractivity contribution in [3.8, 4) is 0 Å². The molecule has 3 heteroatoms. The van der Waals surface area contributed by atoms with Crippen LogP contribution in [0.5, 0.6) is 0 Å². The van der Waals surface area contributed by atoms with Crippen LogP contribution in [0.3, 0.4) is 0 Å². The van der Waals surface area contributed by atoms with E-state index in [-0.39, 0.29) is 0 Å². The van der Waals surface area contributed by atoms with Crippen molar-refractivity contribution in [1.82, 2.24) is 15.5 Å². The van der Waals surface area contributed by atoms with E-state index in [0.29, 0.717) is 0 Å². The zero-order chi connectivity index (χ0) is 6.10. The Morgan fingerprint density at radius 2 is 2.22 bits per heavy atom. The smallest absolute Gasteiger partial charge is 0.118 e. The van der Waals surface area contributed by atoms with Gasteiger partial charge >= 0.3 is 0 Å². The van der Waals surface area contributed by atoms with Crippen molar-refractivity contribution in [2.45, 2.75) is 0 Å². The van der Waals surface area contributed by atoms with Gasteiger partial charge in [-0.1, -0.05) is 0 Å². The quantitative estimate of drug-likeness (QED) is 0.448. The van der Waals surface area contributed by atoms with Crippen LogP contribution in [0.2, 0.25) is 0 Å². The van der Waals surface area contributed by atoms with Crippen LogP contribution < -0.4 is 10.6 Å². The third kappa shape index (κ3) is 0.724. The minimum atomic E-state index is 1.09. The lowest BCUT2D eigenvalue weighted by atomic mass is 10.4. The number of fused-ring (bicyclic) bond motifs is 1. The topological polar surface area (TPSA) is 27.3 Å². The molecule has 0 amide bonds. The van der Waals surface area contributed by atoms with E-state index in [2.05, 4.69) is 21.7 Å². The van der Waals surface area contributed by atoms with E-state index in [1.165, 1.54) is 12.4 Å². The zero-order valence-electron chi connectivity index (χ0n) is 5.35. The second-order valence-electron chi connectivity index (χ2n) is 2.40. The molecule has 2 aliphatic rings. The predicted molar refractivity (Wildman–Crippen MR) is 35.7 cm³/mol. The summed E-state index contributed by atoms with van der Waals surface area (Å²) in [4.78, 5) is 2.36. The van der Waals surface area contributed by atoms with E-state index in [9.17, 15) is 0 Å². The molecule has 0 aromatic carbocycles. The molecular weight excluding hydrogens is 114 g/mol. The molecule has 0 spiro atoms. The molecule has 1 fully saturated rings. The van der Waals surface area contributed by atoms with Crippen molar-refractivity contribution in [1.29, 1.82) is 0 Å². The van der Waals surface area contributed by atoms with Crippen LogP contribution >= 0.6 is 0 Å². The molecular formula is C6H11N3. The van der Waals surface area contributed by atoms with Gasteiger partial charge in [-0.3, -0.25) is 0 Å². The Bertz CT molecular complexity index is 141. The molecule has 2 N–H and O–H groups in total. The largest absolute Gasteiger partial charge is 0.386 e. The summed E-state index contributed by atoms with van der Waals surface area (Å²) in [6.45, 7) is 4.52. The Kier molecular flexibility index (Phi) is 1.01. The first-order valence-electron chi connectivity index (χ1n) is 3.39. The molecule has 0 aliphatic carbocycles. The van der Waals surface area contributed by atoms with Crippen LogP contribution in [0.25, 0.3) is 0 Å². The fourth-order valence-corrected chi connectivity index (χ4v) is 1.29. The van der Waals surface area contributed by atoms with E-state index in [0.717, 1.165) is 19.6 Å². The number of hydrogen-bond donors (Lipinski definition) is 2. The van der Waals surface area contributed by atoms with E-state index in [1.54, 1.807) is 0 Å². The Morgan fingerprint density at radius 3 is 3.11 bits per heavy atom. The molecule has 2 heterocycles. The van der Waals surface area contributed by atoms with Gasteiger partial charge < -0.3 is 15.5 Å². The summed E-state index contributed by atoms with van der Waals surface area (Å²) in [5, 5.41) is 6.47. The maximum Gasteiger partial charge on any atom is 0.118 e. The van der Waals surface area contributed by atoms with Crippen molar-refractivity contribution in [3.63, 3.8) is 0 Å². The maximum atomic E-state index is 3.28. The highest BCUT2D eigenvalue weighted by molar-refractivity contribution is 5.05. The minimum Gasteiger partial charge on any atom is -0.386 e. The molecule has 2 rings (SSSR count). The Balaban J connectivity index is 2.16. The molecule has 0 saturated carbocycles. The van der Waals surface area contributed by atoms with Crippen molar-refractivity contribution in [3.05, 3.63) is 12.0 Å². The van der Waals surface area contributed by atoms with Gasteiger partial charge in [-0.15, -0.1) is 0 Å². The van der Waals surface area contributed by atoms with Crippen LogP contribution in [-0.2, 0) is 0 Å². The Hall–Kier alpha value is -0.860. The summed E-state index contributed by atoms with van der Waals surface area (Å²) < 4.78 is 0. The second-order valence-corrected chi connectivity index (χ2v) is 2.40. The van der Waals surface area contributed by atoms with Gasteiger partial charge in [0.25, 0.3) is 0 Å². The molecule has 0 unspecified atom stereocenters. The number of rotatable bonds is 0. The van der Waals surface area contributed by atoms with Gasteiger partial charge in [0.1, 0.15) is 5.82 Å². The first-order valence-corrected chi connectivity index (χ1v) is 3.39. The highest BCUT2D eigenvalue weighted by atomic mass is 15.3. The van der Waals surface area contributed by atoms with Gasteiger partial charge in [0.05, 0.1) is 0 Å². The molecule has 0 aromatic heterocycles. The lowest BCUT2D eigenvalue weighted by Gasteiger charge is -2.22. The van der Waals surface area contributed by atoms with Crippen LogP contribution in [0.15, 0.2) is 12.0 Å². The summed E-state index contributed by atoms with van der Waals surface area (Å²) in [6, 6.07) is 0. The predicted octanol–water partition coefficient (Wildman–Crippen LogP) is -0.706.